The molecule has 0 spiro atoms. The minimum absolute atomic E-state index is 0. The molecule has 2 aromatic carbocycles. The van der Waals surface area contributed by atoms with Crippen molar-refractivity contribution in [2.24, 2.45) is 5.73 Å². The molecule has 3 aliphatic rings. The molecule has 0 saturated carbocycles. The number of likely N-dealkylation sites (N-methyl/N-ethyl adjacent to an activating group) is 1. The van der Waals surface area contributed by atoms with Gasteiger partial charge in [0.15, 0.2) is 5.71 Å². The van der Waals surface area contributed by atoms with E-state index in [1.807, 2.05) is 74.5 Å². The van der Waals surface area contributed by atoms with Crippen LogP contribution < -0.4 is 15.9 Å². The number of fused-ring (bicyclic) bond motifs is 2. The number of carbonyl (C=O) groups is 3. The summed E-state index contributed by atoms with van der Waals surface area (Å²) >= 11 is 0.849. The zero-order valence-corrected chi connectivity index (χ0v) is 32.3. The molecule has 1 fully saturated rings. The molecule has 54 heavy (non-hydrogen) atoms. The molecule has 0 aromatic heterocycles. The first-order valence-electron chi connectivity index (χ1n) is 17.0. The topological polar surface area (TPSA) is 195 Å². The predicted octanol–water partition coefficient (Wildman–Crippen LogP) is 5.00. The van der Waals surface area contributed by atoms with Crippen molar-refractivity contribution in [3.63, 3.8) is 0 Å². The quantitative estimate of drug-likeness (QED) is 0.0393. The molecule has 5 rings (SSSR count). The third-order valence-electron chi connectivity index (χ3n) is 9.79. The van der Waals surface area contributed by atoms with Crippen molar-refractivity contribution in [3.8, 4) is 0 Å². The average molecular weight is 786 g/mol. The summed E-state index contributed by atoms with van der Waals surface area (Å²) < 4.78 is 42.5. The maximum atomic E-state index is 12.3. The third kappa shape index (κ3) is 9.37. The molecule has 2 aromatic rings. The lowest BCUT2D eigenvalue weighted by Gasteiger charge is -2.29. The number of amides is 2. The van der Waals surface area contributed by atoms with Crippen LogP contribution in [0.4, 0.5) is 11.4 Å². The molecular weight excluding hydrogens is 737 g/mol. The van der Waals surface area contributed by atoms with E-state index in [0.717, 1.165) is 50.8 Å². The zero-order chi connectivity index (χ0) is 39.1. The van der Waals surface area contributed by atoms with Gasteiger partial charge in [0.25, 0.3) is 11.8 Å². The summed E-state index contributed by atoms with van der Waals surface area (Å²) in [6.07, 6.45) is 12.2. The fourth-order valence-corrected chi connectivity index (χ4v) is 8.00. The summed E-state index contributed by atoms with van der Waals surface area (Å²) in [5, 5.41) is 14.3. The number of anilines is 1. The average Bonchev–Trinajstić information content (AvgIpc) is 3.62. The van der Waals surface area contributed by atoms with Crippen LogP contribution in [0, 0.1) is 0 Å². The van der Waals surface area contributed by atoms with E-state index in [2.05, 4.69) is 33.5 Å². The lowest BCUT2D eigenvalue weighted by Crippen LogP contribution is -2.31. The van der Waals surface area contributed by atoms with Crippen molar-refractivity contribution >= 4 is 57.0 Å². The van der Waals surface area contributed by atoms with Gasteiger partial charge in [0, 0.05) is 65.7 Å². The number of carbonyl (C=O) groups excluding carboxylic acids is 3. The maximum absolute atomic E-state index is 12.3. The molecule has 3 heterocycles. The molecular formula is C38H49N4O10S2-. The monoisotopic (exact) mass is 785 g/mol. The second kappa shape index (κ2) is 18.4. The fraction of sp³-hybridized carbons (Fsp3) is 0.421. The fourth-order valence-electron chi connectivity index (χ4n) is 7.11. The number of nitrogens with zero attached hydrogens (tertiary/aromatic N) is 3. The van der Waals surface area contributed by atoms with Crippen LogP contribution in [0.3, 0.4) is 0 Å². The highest BCUT2D eigenvalue weighted by Gasteiger charge is 2.44. The molecule has 2 N–H and O–H groups in total. The predicted molar refractivity (Wildman–Crippen MR) is 202 cm³/mol. The van der Waals surface area contributed by atoms with Gasteiger partial charge in [0.1, 0.15) is 17.2 Å². The van der Waals surface area contributed by atoms with Crippen LogP contribution in [0.2, 0.25) is 0 Å². The van der Waals surface area contributed by atoms with Gasteiger partial charge in [0.05, 0.1) is 22.4 Å². The van der Waals surface area contributed by atoms with E-state index in [4.69, 9.17) is 4.84 Å². The van der Waals surface area contributed by atoms with Gasteiger partial charge < -0.3 is 25.3 Å². The SMILES string of the molecule is C.CN.CN1\C(=C/C=C/C=C/C2=[N+](C)c3ccc(SOO[O-])cc3C2(C)C)C(C)(CCCCCC(=O)ON2C(=O)CCC2=O)c2cc(S(=O)(=O)[O-])ccc21. The number of allylic oxidation sites excluding steroid dienone is 6. The summed E-state index contributed by atoms with van der Waals surface area (Å²) in [6, 6.07) is 10.2. The number of hydrogen-bond acceptors (Lipinski definition) is 13. The Bertz CT molecular complexity index is 1960. The number of benzene rings is 2. The van der Waals surface area contributed by atoms with Crippen LogP contribution in [0.25, 0.3) is 0 Å². The van der Waals surface area contributed by atoms with Gasteiger partial charge in [0.2, 0.25) is 5.69 Å². The number of nitrogens with two attached hydrogens (primary N) is 1. The van der Waals surface area contributed by atoms with Crippen molar-refractivity contribution in [2.45, 2.75) is 93.8 Å². The largest absolute Gasteiger partial charge is 0.744 e. The molecule has 1 unspecified atom stereocenters. The van der Waals surface area contributed by atoms with Crippen LogP contribution in [0.15, 0.2) is 82.3 Å². The van der Waals surface area contributed by atoms with Crippen LogP contribution in [-0.2, 0) is 49.5 Å². The molecule has 0 radical (unpaired) electrons. The lowest BCUT2D eigenvalue weighted by molar-refractivity contribution is -0.777. The first kappa shape index (κ1) is 44.2. The standard InChI is InChI=1S/C36H41N3O10S2.CH5N.CH4/c1-35(2)26-22-24(50-49-48-43)15-17-28(26)37(4)30(35)12-8-6-9-13-31-36(3,27-23-25(51(44,45)46)16-18-29(27)38(31)5)21-11-7-10-14-34(42)47-39-32(40)19-20-33(39)41;1-2;/h6,8-9,12-13,15-18,22-23H,7,10-11,14,19-21H2,1-5H3,(H-,43,44,45,46);2H2,1H3;1H4/p-1. The van der Waals surface area contributed by atoms with E-state index in [0.29, 0.717) is 30.7 Å². The Balaban J connectivity index is 0.00000257. The summed E-state index contributed by atoms with van der Waals surface area (Å²) in [5.74, 6) is -1.71. The zero-order valence-electron chi connectivity index (χ0n) is 30.6. The summed E-state index contributed by atoms with van der Waals surface area (Å²) in [7, 11) is 0.703. The van der Waals surface area contributed by atoms with Gasteiger partial charge >= 0.3 is 5.97 Å². The summed E-state index contributed by atoms with van der Waals surface area (Å²) in [6.45, 7) is 6.24. The molecule has 294 valence electrons. The highest BCUT2D eigenvalue weighted by Crippen LogP contribution is 2.50. The highest BCUT2D eigenvalue weighted by atomic mass is 32.2. The Morgan fingerprint density at radius 2 is 1.69 bits per heavy atom. The van der Waals surface area contributed by atoms with Crippen molar-refractivity contribution in [3.05, 3.63) is 83.6 Å². The molecule has 2 amide bonds. The Labute approximate surface area is 321 Å². The Hall–Kier alpha value is -4.16. The van der Waals surface area contributed by atoms with Crippen molar-refractivity contribution in [2.75, 3.05) is 26.0 Å². The molecule has 1 atom stereocenters. The van der Waals surface area contributed by atoms with Crippen LogP contribution in [0.5, 0.6) is 0 Å². The van der Waals surface area contributed by atoms with Gasteiger partial charge in [-0.25, -0.2) is 13.2 Å². The highest BCUT2D eigenvalue weighted by molar-refractivity contribution is 7.94. The van der Waals surface area contributed by atoms with E-state index in [9.17, 15) is 32.6 Å². The number of unbranched alkanes of at least 4 members (excludes halogenated alkanes) is 2. The van der Waals surface area contributed by atoms with E-state index in [1.165, 1.54) is 19.2 Å². The van der Waals surface area contributed by atoms with Crippen molar-refractivity contribution < 1.29 is 51.4 Å². The lowest BCUT2D eigenvalue weighted by atomic mass is 9.77. The first-order valence-corrected chi connectivity index (χ1v) is 19.2. The van der Waals surface area contributed by atoms with E-state index >= 15 is 0 Å². The summed E-state index contributed by atoms with van der Waals surface area (Å²) in [4.78, 5) is 43.2. The van der Waals surface area contributed by atoms with Crippen LogP contribution >= 0.6 is 12.0 Å². The first-order chi connectivity index (χ1) is 25.1. The number of hydroxylamine groups is 2. The van der Waals surface area contributed by atoms with E-state index in [-0.39, 0.29) is 37.0 Å². The van der Waals surface area contributed by atoms with E-state index < -0.39 is 33.3 Å². The molecule has 0 bridgehead atoms. The number of hydrogen-bond donors (Lipinski definition) is 1. The van der Waals surface area contributed by atoms with E-state index in [1.54, 1.807) is 6.07 Å². The normalized spacial score (nSPS) is 19.8. The minimum Gasteiger partial charge on any atom is -0.744 e. The Morgan fingerprint density at radius 3 is 2.33 bits per heavy atom. The summed E-state index contributed by atoms with van der Waals surface area (Å²) in [5.41, 5.74) is 9.08. The van der Waals surface area contributed by atoms with Crippen LogP contribution in [-0.4, -0.2) is 67.2 Å². The minimum atomic E-state index is -4.69. The van der Waals surface area contributed by atoms with Gasteiger partial charge in [-0.1, -0.05) is 38.5 Å². The smallest absolute Gasteiger partial charge is 0.333 e. The maximum Gasteiger partial charge on any atom is 0.333 e. The van der Waals surface area contributed by atoms with Gasteiger partial charge in [-0.15, -0.1) is 5.06 Å². The van der Waals surface area contributed by atoms with Crippen LogP contribution in [0.1, 0.15) is 84.3 Å². The van der Waals surface area contributed by atoms with Crippen molar-refractivity contribution in [1.29, 1.82) is 0 Å². The molecule has 1 saturated heterocycles. The third-order valence-corrected chi connectivity index (χ3v) is 11.2. The molecule has 0 aliphatic carbocycles. The van der Waals surface area contributed by atoms with Crippen molar-refractivity contribution in [1.82, 2.24) is 5.06 Å². The number of rotatable bonds is 14. The second-order valence-electron chi connectivity index (χ2n) is 13.4. The van der Waals surface area contributed by atoms with Gasteiger partial charge in [-0.2, -0.15) is 8.91 Å². The molecule has 3 aliphatic heterocycles. The van der Waals surface area contributed by atoms with Gasteiger partial charge in [-0.3, -0.25) is 14.6 Å². The molecule has 16 heteroatoms. The molecule has 14 nitrogen and oxygen atoms in total. The van der Waals surface area contributed by atoms with Gasteiger partial charge in [-0.05, 0) is 82.6 Å². The second-order valence-corrected chi connectivity index (χ2v) is 15.5. The number of imide groups is 1. The Morgan fingerprint density at radius 1 is 1.00 bits per heavy atom. The Kier molecular flexibility index (Phi) is 15.1.